The van der Waals surface area contributed by atoms with Crippen molar-refractivity contribution in [3.05, 3.63) is 0 Å². The van der Waals surface area contributed by atoms with Gasteiger partial charge in [0, 0.05) is 18.5 Å². The summed E-state index contributed by atoms with van der Waals surface area (Å²) >= 11 is 0. The fourth-order valence-corrected chi connectivity index (χ4v) is 3.91. The average Bonchev–Trinajstić information content (AvgIpc) is 2.75. The highest BCUT2D eigenvalue weighted by Crippen LogP contribution is 2.35. The SMILES string of the molecule is CN(C(=O)C(C)(C)C1CCCNC1)C1CCCCCC1. The Bertz CT molecular complexity index is 313. The number of carbonyl (C=O) groups is 1. The Morgan fingerprint density at radius 2 is 1.70 bits per heavy atom. The van der Waals surface area contributed by atoms with Gasteiger partial charge in [-0.2, -0.15) is 0 Å². The average molecular weight is 280 g/mol. The van der Waals surface area contributed by atoms with Crippen molar-refractivity contribution in [3.8, 4) is 0 Å². The van der Waals surface area contributed by atoms with Crippen LogP contribution in [0.5, 0.6) is 0 Å². The van der Waals surface area contributed by atoms with Crippen LogP contribution in [0.2, 0.25) is 0 Å². The van der Waals surface area contributed by atoms with Gasteiger partial charge in [0.1, 0.15) is 0 Å². The molecule has 2 fully saturated rings. The van der Waals surface area contributed by atoms with Gasteiger partial charge >= 0.3 is 0 Å². The van der Waals surface area contributed by atoms with Crippen molar-refractivity contribution in [1.29, 1.82) is 0 Å². The Kier molecular flexibility index (Phi) is 5.48. The predicted octanol–water partition coefficient (Wildman–Crippen LogP) is 3.19. The molecule has 0 aromatic heterocycles. The molecule has 3 nitrogen and oxygen atoms in total. The van der Waals surface area contributed by atoms with E-state index >= 15 is 0 Å². The van der Waals surface area contributed by atoms with Gasteiger partial charge in [0.2, 0.25) is 5.91 Å². The highest BCUT2D eigenvalue weighted by Gasteiger charge is 2.40. The van der Waals surface area contributed by atoms with Crippen LogP contribution in [0.1, 0.15) is 65.2 Å². The van der Waals surface area contributed by atoms with E-state index in [1.54, 1.807) is 0 Å². The van der Waals surface area contributed by atoms with E-state index in [0.717, 1.165) is 13.1 Å². The van der Waals surface area contributed by atoms with Gasteiger partial charge in [0.15, 0.2) is 0 Å². The minimum Gasteiger partial charge on any atom is -0.342 e. The first-order valence-electron chi connectivity index (χ1n) is 8.51. The van der Waals surface area contributed by atoms with E-state index in [1.807, 2.05) is 7.05 Å². The molecule has 116 valence electrons. The van der Waals surface area contributed by atoms with Crippen LogP contribution >= 0.6 is 0 Å². The molecular weight excluding hydrogens is 248 g/mol. The normalized spacial score (nSPS) is 26.1. The lowest BCUT2D eigenvalue weighted by atomic mass is 9.73. The number of rotatable bonds is 3. The lowest BCUT2D eigenvalue weighted by molar-refractivity contribution is -0.145. The second-order valence-corrected chi connectivity index (χ2v) is 7.33. The number of nitrogens with one attached hydrogen (secondary N) is 1. The molecule has 1 unspecified atom stereocenters. The lowest BCUT2D eigenvalue weighted by Gasteiger charge is -2.40. The molecule has 0 bridgehead atoms. The Hall–Kier alpha value is -0.570. The van der Waals surface area contributed by atoms with Crippen molar-refractivity contribution in [1.82, 2.24) is 10.2 Å². The molecule has 1 saturated carbocycles. The first-order valence-corrected chi connectivity index (χ1v) is 8.51. The smallest absolute Gasteiger partial charge is 0.228 e. The van der Waals surface area contributed by atoms with E-state index in [0.29, 0.717) is 17.9 Å². The van der Waals surface area contributed by atoms with Crippen molar-refractivity contribution in [2.75, 3.05) is 20.1 Å². The van der Waals surface area contributed by atoms with Crippen molar-refractivity contribution in [2.45, 2.75) is 71.3 Å². The van der Waals surface area contributed by atoms with Crippen LogP contribution in [0, 0.1) is 11.3 Å². The van der Waals surface area contributed by atoms with Gasteiger partial charge in [-0.05, 0) is 44.7 Å². The molecule has 3 heteroatoms. The molecule has 0 radical (unpaired) electrons. The van der Waals surface area contributed by atoms with Crippen molar-refractivity contribution in [3.63, 3.8) is 0 Å². The van der Waals surface area contributed by atoms with Crippen LogP contribution in [0.25, 0.3) is 0 Å². The minimum absolute atomic E-state index is 0.228. The first kappa shape index (κ1) is 15.8. The highest BCUT2D eigenvalue weighted by molar-refractivity contribution is 5.82. The van der Waals surface area contributed by atoms with Gasteiger partial charge in [-0.1, -0.05) is 39.5 Å². The maximum atomic E-state index is 13.0. The maximum absolute atomic E-state index is 13.0. The Balaban J connectivity index is 1.99. The molecule has 0 aromatic carbocycles. The van der Waals surface area contributed by atoms with Gasteiger partial charge in [0.25, 0.3) is 0 Å². The summed E-state index contributed by atoms with van der Waals surface area (Å²) in [6.07, 6.45) is 10.0. The quantitative estimate of drug-likeness (QED) is 0.805. The molecule has 1 saturated heterocycles. The van der Waals surface area contributed by atoms with E-state index in [9.17, 15) is 4.79 Å². The molecule has 20 heavy (non-hydrogen) atoms. The van der Waals surface area contributed by atoms with E-state index in [1.165, 1.54) is 51.4 Å². The summed E-state index contributed by atoms with van der Waals surface area (Å²) in [7, 11) is 2.04. The van der Waals surface area contributed by atoms with E-state index < -0.39 is 0 Å². The zero-order valence-corrected chi connectivity index (χ0v) is 13.6. The Morgan fingerprint density at radius 3 is 2.25 bits per heavy atom. The molecule has 1 amide bonds. The maximum Gasteiger partial charge on any atom is 0.228 e. The summed E-state index contributed by atoms with van der Waals surface area (Å²) in [4.78, 5) is 15.1. The van der Waals surface area contributed by atoms with Crippen LogP contribution in [-0.2, 0) is 4.79 Å². The molecule has 1 N–H and O–H groups in total. The standard InChI is InChI=1S/C17H32N2O/c1-17(2,14-9-8-12-18-13-14)16(20)19(3)15-10-6-4-5-7-11-15/h14-15,18H,4-13H2,1-3H3. The van der Waals surface area contributed by atoms with Gasteiger partial charge in [-0.25, -0.2) is 0 Å². The third-order valence-electron chi connectivity index (χ3n) is 5.56. The van der Waals surface area contributed by atoms with Crippen LogP contribution in [-0.4, -0.2) is 37.0 Å². The largest absolute Gasteiger partial charge is 0.342 e. The number of amides is 1. The number of hydrogen-bond acceptors (Lipinski definition) is 2. The molecule has 0 spiro atoms. The monoisotopic (exact) mass is 280 g/mol. The van der Waals surface area contributed by atoms with Crippen LogP contribution in [0.4, 0.5) is 0 Å². The molecule has 1 atom stereocenters. The number of piperidine rings is 1. The minimum atomic E-state index is -0.228. The Labute approximate surface area is 124 Å². The zero-order valence-electron chi connectivity index (χ0n) is 13.6. The number of carbonyl (C=O) groups excluding carboxylic acids is 1. The summed E-state index contributed by atoms with van der Waals surface area (Å²) in [6, 6.07) is 0.473. The zero-order chi connectivity index (χ0) is 14.6. The number of nitrogens with zero attached hydrogens (tertiary/aromatic N) is 1. The summed E-state index contributed by atoms with van der Waals surface area (Å²) in [6.45, 7) is 6.41. The third-order valence-corrected chi connectivity index (χ3v) is 5.56. The van der Waals surface area contributed by atoms with Crippen molar-refractivity contribution in [2.24, 2.45) is 11.3 Å². The molecule has 1 aliphatic carbocycles. The summed E-state index contributed by atoms with van der Waals surface area (Å²) in [5.41, 5.74) is -0.228. The second-order valence-electron chi connectivity index (χ2n) is 7.33. The van der Waals surface area contributed by atoms with E-state index in [4.69, 9.17) is 0 Å². The van der Waals surface area contributed by atoms with Crippen molar-refractivity contribution < 1.29 is 4.79 Å². The highest BCUT2D eigenvalue weighted by atomic mass is 16.2. The van der Waals surface area contributed by atoms with E-state index in [2.05, 4.69) is 24.1 Å². The molecule has 2 aliphatic rings. The second kappa shape index (κ2) is 6.93. The van der Waals surface area contributed by atoms with Gasteiger partial charge in [-0.15, -0.1) is 0 Å². The van der Waals surface area contributed by atoms with Gasteiger partial charge in [0.05, 0.1) is 0 Å². The number of hydrogen-bond donors (Lipinski definition) is 1. The van der Waals surface area contributed by atoms with E-state index in [-0.39, 0.29) is 5.41 Å². The molecule has 1 heterocycles. The fraction of sp³-hybridized carbons (Fsp3) is 0.941. The lowest BCUT2D eigenvalue weighted by Crippen LogP contribution is -2.50. The van der Waals surface area contributed by atoms with Crippen LogP contribution < -0.4 is 5.32 Å². The van der Waals surface area contributed by atoms with Crippen LogP contribution in [0.3, 0.4) is 0 Å². The Morgan fingerprint density at radius 1 is 1.05 bits per heavy atom. The summed E-state index contributed by atoms with van der Waals surface area (Å²) in [5.74, 6) is 0.843. The summed E-state index contributed by atoms with van der Waals surface area (Å²) < 4.78 is 0. The molecular formula is C17H32N2O. The van der Waals surface area contributed by atoms with Gasteiger partial charge < -0.3 is 10.2 Å². The molecule has 1 aliphatic heterocycles. The predicted molar refractivity (Wildman–Crippen MR) is 83.6 cm³/mol. The molecule has 2 rings (SSSR count). The fourth-order valence-electron chi connectivity index (χ4n) is 3.91. The summed E-state index contributed by atoms with van der Waals surface area (Å²) in [5, 5.41) is 3.45. The third kappa shape index (κ3) is 3.55. The van der Waals surface area contributed by atoms with Crippen molar-refractivity contribution >= 4 is 5.91 Å². The molecule has 0 aromatic rings. The first-order chi connectivity index (χ1) is 9.53. The van der Waals surface area contributed by atoms with Crippen LogP contribution in [0.15, 0.2) is 0 Å². The topological polar surface area (TPSA) is 32.3 Å². The van der Waals surface area contributed by atoms with Gasteiger partial charge in [-0.3, -0.25) is 4.79 Å².